The molecule has 0 spiro atoms. The molecule has 0 amide bonds. The third-order valence-corrected chi connectivity index (χ3v) is 4.04. The van der Waals surface area contributed by atoms with Gasteiger partial charge < -0.3 is 5.11 Å². The van der Waals surface area contributed by atoms with Crippen LogP contribution in [0.4, 0.5) is 0 Å². The molecule has 0 aliphatic heterocycles. The molecule has 4 heteroatoms. The van der Waals surface area contributed by atoms with Crippen LogP contribution in [-0.4, -0.2) is 21.2 Å². The quantitative estimate of drug-likeness (QED) is 0.901. The van der Waals surface area contributed by atoms with Gasteiger partial charge in [-0.05, 0) is 38.8 Å². The van der Waals surface area contributed by atoms with Crippen molar-refractivity contribution >= 4 is 11.3 Å². The summed E-state index contributed by atoms with van der Waals surface area (Å²) >= 11 is 1.68. The number of aliphatic hydroxyl groups is 1. The third-order valence-electron chi connectivity index (χ3n) is 2.94. The van der Waals surface area contributed by atoms with Gasteiger partial charge in [-0.1, -0.05) is 6.07 Å². The fourth-order valence-corrected chi connectivity index (χ4v) is 2.80. The van der Waals surface area contributed by atoms with Crippen LogP contribution in [0.1, 0.15) is 27.7 Å². The van der Waals surface area contributed by atoms with Gasteiger partial charge in [0.05, 0.1) is 16.8 Å². The largest absolute Gasteiger partial charge is 0.393 e. The summed E-state index contributed by atoms with van der Waals surface area (Å²) in [6.07, 6.45) is 3.64. The zero-order valence-electron chi connectivity index (χ0n) is 10.8. The molecule has 0 bridgehead atoms. The summed E-state index contributed by atoms with van der Waals surface area (Å²) < 4.78 is 0. The summed E-state index contributed by atoms with van der Waals surface area (Å²) in [5.41, 5.74) is 2.11. The molecule has 2 aromatic heterocycles. The van der Waals surface area contributed by atoms with Gasteiger partial charge in [-0.2, -0.15) is 0 Å². The second kappa shape index (κ2) is 6.07. The van der Waals surface area contributed by atoms with E-state index in [9.17, 15) is 5.11 Å². The first-order chi connectivity index (χ1) is 8.65. The van der Waals surface area contributed by atoms with E-state index in [-0.39, 0.29) is 6.10 Å². The third kappa shape index (κ3) is 3.62. The van der Waals surface area contributed by atoms with Crippen LogP contribution in [0.3, 0.4) is 0 Å². The van der Waals surface area contributed by atoms with E-state index in [1.165, 1.54) is 4.88 Å². The molecule has 0 aromatic carbocycles. The van der Waals surface area contributed by atoms with Crippen molar-refractivity contribution in [2.75, 3.05) is 0 Å². The lowest BCUT2D eigenvalue weighted by Crippen LogP contribution is -2.11. The molecule has 2 heterocycles. The standard InChI is InChI=1S/C14H18N2OS/c1-10-11(2)18-14(16-10)9-13(17)7-6-12-5-3-4-8-15-12/h3-5,8,13,17H,6-7,9H2,1-2H3. The molecule has 18 heavy (non-hydrogen) atoms. The van der Waals surface area contributed by atoms with Crippen molar-refractivity contribution in [1.82, 2.24) is 9.97 Å². The van der Waals surface area contributed by atoms with Crippen LogP contribution < -0.4 is 0 Å². The smallest absolute Gasteiger partial charge is 0.0956 e. The lowest BCUT2D eigenvalue weighted by Gasteiger charge is -2.07. The molecule has 2 aromatic rings. The second-order valence-corrected chi connectivity index (χ2v) is 5.75. The van der Waals surface area contributed by atoms with E-state index >= 15 is 0 Å². The number of rotatable bonds is 5. The van der Waals surface area contributed by atoms with Gasteiger partial charge in [-0.15, -0.1) is 11.3 Å². The van der Waals surface area contributed by atoms with Gasteiger partial charge in [0.15, 0.2) is 0 Å². The van der Waals surface area contributed by atoms with Crippen LogP contribution in [-0.2, 0) is 12.8 Å². The molecule has 0 saturated heterocycles. The summed E-state index contributed by atoms with van der Waals surface area (Å²) in [4.78, 5) is 9.94. The first kappa shape index (κ1) is 13.2. The molecule has 0 aliphatic rings. The molecule has 0 saturated carbocycles. The van der Waals surface area contributed by atoms with Crippen LogP contribution in [0.2, 0.25) is 0 Å². The second-order valence-electron chi connectivity index (χ2n) is 4.47. The van der Waals surface area contributed by atoms with Crippen molar-refractivity contribution in [3.8, 4) is 0 Å². The summed E-state index contributed by atoms with van der Waals surface area (Å²) in [5.74, 6) is 0. The summed E-state index contributed by atoms with van der Waals surface area (Å²) in [7, 11) is 0. The lowest BCUT2D eigenvalue weighted by molar-refractivity contribution is 0.164. The molecule has 96 valence electrons. The van der Waals surface area contributed by atoms with Gasteiger partial charge in [-0.3, -0.25) is 4.98 Å². The average molecular weight is 262 g/mol. The van der Waals surface area contributed by atoms with E-state index in [0.29, 0.717) is 6.42 Å². The minimum absolute atomic E-state index is 0.336. The maximum absolute atomic E-state index is 10.0. The van der Waals surface area contributed by atoms with Crippen molar-refractivity contribution in [3.63, 3.8) is 0 Å². The molecule has 1 N–H and O–H groups in total. The molecule has 1 atom stereocenters. The molecular formula is C14H18N2OS. The zero-order chi connectivity index (χ0) is 13.0. The van der Waals surface area contributed by atoms with Crippen LogP contribution in [0, 0.1) is 13.8 Å². The van der Waals surface area contributed by atoms with E-state index in [1.54, 1.807) is 17.5 Å². The SMILES string of the molecule is Cc1nc(CC(O)CCc2ccccn2)sc1C. The molecule has 2 rings (SSSR count). The fourth-order valence-electron chi connectivity index (χ4n) is 1.79. The molecular weight excluding hydrogens is 244 g/mol. The van der Waals surface area contributed by atoms with Crippen molar-refractivity contribution < 1.29 is 5.11 Å². The first-order valence-corrected chi connectivity index (χ1v) is 6.97. The first-order valence-electron chi connectivity index (χ1n) is 6.16. The Morgan fingerprint density at radius 3 is 2.78 bits per heavy atom. The van der Waals surface area contributed by atoms with Crippen LogP contribution in [0.25, 0.3) is 0 Å². The highest BCUT2D eigenvalue weighted by molar-refractivity contribution is 7.11. The molecule has 1 unspecified atom stereocenters. The molecule has 0 aliphatic carbocycles. The monoisotopic (exact) mass is 262 g/mol. The predicted octanol–water partition coefficient (Wildman–Crippen LogP) is 2.69. The van der Waals surface area contributed by atoms with Gasteiger partial charge in [0.25, 0.3) is 0 Å². The molecule has 0 radical (unpaired) electrons. The molecule has 3 nitrogen and oxygen atoms in total. The van der Waals surface area contributed by atoms with Gasteiger partial charge in [0.2, 0.25) is 0 Å². The van der Waals surface area contributed by atoms with Crippen molar-refractivity contribution in [3.05, 3.63) is 45.7 Å². The van der Waals surface area contributed by atoms with E-state index in [4.69, 9.17) is 0 Å². The van der Waals surface area contributed by atoms with Gasteiger partial charge in [-0.25, -0.2) is 4.98 Å². The summed E-state index contributed by atoms with van der Waals surface area (Å²) in [6.45, 7) is 4.08. The topological polar surface area (TPSA) is 46.0 Å². The number of hydrogen-bond donors (Lipinski definition) is 1. The minimum Gasteiger partial charge on any atom is -0.393 e. The Morgan fingerprint density at radius 1 is 1.33 bits per heavy atom. The highest BCUT2D eigenvalue weighted by Crippen LogP contribution is 2.18. The predicted molar refractivity (Wildman–Crippen MR) is 73.9 cm³/mol. The summed E-state index contributed by atoms with van der Waals surface area (Å²) in [5, 5.41) is 11.0. The number of pyridine rings is 1. The van der Waals surface area contributed by atoms with E-state index in [2.05, 4.69) is 16.9 Å². The van der Waals surface area contributed by atoms with Crippen molar-refractivity contribution in [2.45, 2.75) is 39.2 Å². The maximum atomic E-state index is 10.0. The maximum Gasteiger partial charge on any atom is 0.0956 e. The number of hydrogen-bond acceptors (Lipinski definition) is 4. The Bertz CT molecular complexity index is 476. The van der Waals surface area contributed by atoms with Crippen molar-refractivity contribution in [1.29, 1.82) is 0 Å². The van der Waals surface area contributed by atoms with E-state index in [1.807, 2.05) is 25.1 Å². The number of nitrogens with zero attached hydrogens (tertiary/aromatic N) is 2. The van der Waals surface area contributed by atoms with Crippen LogP contribution >= 0.6 is 11.3 Å². The minimum atomic E-state index is -0.336. The molecule has 0 fully saturated rings. The summed E-state index contributed by atoms with van der Waals surface area (Å²) in [6, 6.07) is 5.87. The van der Waals surface area contributed by atoms with Gasteiger partial charge >= 0.3 is 0 Å². The van der Waals surface area contributed by atoms with Gasteiger partial charge in [0.1, 0.15) is 0 Å². The highest BCUT2D eigenvalue weighted by atomic mass is 32.1. The number of aliphatic hydroxyl groups excluding tert-OH is 1. The number of thiazole rings is 1. The Hall–Kier alpha value is -1.26. The Morgan fingerprint density at radius 2 is 2.17 bits per heavy atom. The zero-order valence-corrected chi connectivity index (χ0v) is 11.6. The van der Waals surface area contributed by atoms with Crippen LogP contribution in [0.5, 0.6) is 0 Å². The highest BCUT2D eigenvalue weighted by Gasteiger charge is 2.10. The average Bonchev–Trinajstić information content (AvgIpc) is 2.67. The lowest BCUT2D eigenvalue weighted by atomic mass is 10.1. The normalized spacial score (nSPS) is 12.6. The Balaban J connectivity index is 1.84. The van der Waals surface area contributed by atoms with E-state index in [0.717, 1.165) is 29.2 Å². The van der Waals surface area contributed by atoms with E-state index < -0.39 is 0 Å². The number of aromatic nitrogens is 2. The Labute approximate surface area is 112 Å². The van der Waals surface area contributed by atoms with Crippen molar-refractivity contribution in [2.24, 2.45) is 0 Å². The number of aryl methyl sites for hydroxylation is 3. The Kier molecular flexibility index (Phi) is 4.44. The van der Waals surface area contributed by atoms with Gasteiger partial charge in [0, 0.05) is 23.2 Å². The van der Waals surface area contributed by atoms with Crippen LogP contribution in [0.15, 0.2) is 24.4 Å². The fraction of sp³-hybridized carbons (Fsp3) is 0.429.